The van der Waals surface area contributed by atoms with E-state index < -0.39 is 0 Å². The number of amides is 1. The number of nitrogens with zero attached hydrogens (tertiary/aromatic N) is 1. The third-order valence-electron chi connectivity index (χ3n) is 4.83. The van der Waals surface area contributed by atoms with Crippen LogP contribution < -0.4 is 5.32 Å². The van der Waals surface area contributed by atoms with Crippen LogP contribution in [0.25, 0.3) is 0 Å². The highest BCUT2D eigenvalue weighted by molar-refractivity contribution is 5.96. The Bertz CT molecular complexity index is 750. The Balaban J connectivity index is 1.90. The van der Waals surface area contributed by atoms with Gasteiger partial charge < -0.3 is 10.1 Å². The molecular weight excluding hydrogens is 324 g/mol. The smallest absolute Gasteiger partial charge is 0.246 e. The topological polar surface area (TPSA) is 41.6 Å². The quantitative estimate of drug-likeness (QED) is 0.901. The number of rotatable bonds is 4. The largest absolute Gasteiger partial charge is 0.373 e. The number of hydrogen-bond donors (Lipinski definition) is 1. The first kappa shape index (κ1) is 18.6. The van der Waals surface area contributed by atoms with Crippen molar-refractivity contribution in [2.45, 2.75) is 45.9 Å². The first-order valence-corrected chi connectivity index (χ1v) is 9.26. The molecule has 1 aliphatic rings. The van der Waals surface area contributed by atoms with Gasteiger partial charge >= 0.3 is 0 Å². The van der Waals surface area contributed by atoms with Gasteiger partial charge in [-0.05, 0) is 50.5 Å². The van der Waals surface area contributed by atoms with E-state index in [1.54, 1.807) is 0 Å². The lowest BCUT2D eigenvalue weighted by molar-refractivity contribution is -0.128. The zero-order valence-corrected chi connectivity index (χ0v) is 16.0. The molecule has 1 heterocycles. The average Bonchev–Trinajstić information content (AvgIpc) is 2.58. The number of hydrogen-bond acceptors (Lipinski definition) is 3. The number of carbonyl (C=O) groups excluding carboxylic acids is 1. The van der Waals surface area contributed by atoms with Crippen LogP contribution in [0.4, 0.5) is 5.69 Å². The average molecular weight is 352 g/mol. The van der Waals surface area contributed by atoms with Gasteiger partial charge in [-0.1, -0.05) is 42.5 Å². The molecule has 26 heavy (non-hydrogen) atoms. The molecular formula is C22H28N2O2. The van der Waals surface area contributed by atoms with Crippen molar-refractivity contribution in [3.8, 4) is 0 Å². The highest BCUT2D eigenvalue weighted by atomic mass is 16.5. The summed E-state index contributed by atoms with van der Waals surface area (Å²) < 4.78 is 5.86. The second-order valence-electron chi connectivity index (χ2n) is 7.33. The lowest BCUT2D eigenvalue weighted by Crippen LogP contribution is -2.49. The number of ether oxygens (including phenoxy) is 1. The fraction of sp³-hybridized carbons (Fsp3) is 0.409. The van der Waals surface area contributed by atoms with E-state index in [1.165, 1.54) is 0 Å². The summed E-state index contributed by atoms with van der Waals surface area (Å²) in [6.45, 7) is 9.66. The molecule has 1 fully saturated rings. The number of morpholine rings is 1. The minimum Gasteiger partial charge on any atom is -0.373 e. The van der Waals surface area contributed by atoms with Gasteiger partial charge in [0.2, 0.25) is 5.91 Å². The van der Waals surface area contributed by atoms with Crippen LogP contribution in [-0.2, 0) is 9.53 Å². The Kier molecular flexibility index (Phi) is 5.74. The Hall–Kier alpha value is -2.17. The van der Waals surface area contributed by atoms with Crippen molar-refractivity contribution < 1.29 is 9.53 Å². The molecule has 1 amide bonds. The van der Waals surface area contributed by atoms with Gasteiger partial charge in [0, 0.05) is 18.8 Å². The van der Waals surface area contributed by atoms with Crippen molar-refractivity contribution in [2.75, 3.05) is 18.4 Å². The summed E-state index contributed by atoms with van der Waals surface area (Å²) in [5, 5.41) is 3.16. The molecule has 0 saturated carbocycles. The summed E-state index contributed by atoms with van der Waals surface area (Å²) >= 11 is 0. The van der Waals surface area contributed by atoms with Crippen LogP contribution in [0.3, 0.4) is 0 Å². The summed E-state index contributed by atoms with van der Waals surface area (Å²) in [6, 6.07) is 15.8. The molecule has 138 valence electrons. The van der Waals surface area contributed by atoms with Gasteiger partial charge in [0.05, 0.1) is 12.2 Å². The Labute approximate surface area is 156 Å². The fourth-order valence-corrected chi connectivity index (χ4v) is 3.66. The van der Waals surface area contributed by atoms with Crippen molar-refractivity contribution in [3.05, 3.63) is 65.2 Å². The molecule has 0 aromatic heterocycles. The monoisotopic (exact) mass is 352 g/mol. The van der Waals surface area contributed by atoms with E-state index in [9.17, 15) is 4.79 Å². The molecule has 0 radical (unpaired) electrons. The van der Waals surface area contributed by atoms with Crippen LogP contribution in [-0.4, -0.2) is 36.1 Å². The zero-order valence-electron chi connectivity index (χ0n) is 16.0. The van der Waals surface area contributed by atoms with Crippen LogP contribution in [0.2, 0.25) is 0 Å². The third-order valence-corrected chi connectivity index (χ3v) is 4.83. The number of nitrogens with one attached hydrogen (secondary N) is 1. The Morgan fingerprint density at radius 1 is 1.08 bits per heavy atom. The van der Waals surface area contributed by atoms with Crippen molar-refractivity contribution in [2.24, 2.45) is 0 Å². The molecule has 2 aromatic carbocycles. The highest BCUT2D eigenvalue weighted by Crippen LogP contribution is 2.27. The predicted molar refractivity (Wildman–Crippen MR) is 105 cm³/mol. The zero-order chi connectivity index (χ0) is 18.7. The molecule has 4 nitrogen and oxygen atoms in total. The van der Waals surface area contributed by atoms with Gasteiger partial charge in [-0.3, -0.25) is 9.69 Å². The molecule has 0 unspecified atom stereocenters. The first-order valence-electron chi connectivity index (χ1n) is 9.26. The lowest BCUT2D eigenvalue weighted by atomic mass is 10.0. The molecule has 2 aromatic rings. The Morgan fingerprint density at radius 2 is 1.73 bits per heavy atom. The van der Waals surface area contributed by atoms with Gasteiger partial charge in [0.1, 0.15) is 6.04 Å². The lowest BCUT2D eigenvalue weighted by Gasteiger charge is -2.39. The number of anilines is 1. The minimum absolute atomic E-state index is 0.00574. The Morgan fingerprint density at radius 3 is 2.38 bits per heavy atom. The van der Waals surface area contributed by atoms with Crippen LogP contribution in [0.15, 0.2) is 48.5 Å². The maximum absolute atomic E-state index is 13.3. The standard InChI is InChI=1S/C22H28N2O2/c1-15-10-11-16(2)20(12-15)23-22(25)21(19-8-6-5-7-9-19)24-13-17(3)26-18(4)14-24/h5-12,17-18,21H,13-14H2,1-4H3,(H,23,25)/t17-,18-,21+/m1/s1. The van der Waals surface area contributed by atoms with Gasteiger partial charge in [0.25, 0.3) is 0 Å². The van der Waals surface area contributed by atoms with E-state index >= 15 is 0 Å². The maximum Gasteiger partial charge on any atom is 0.246 e. The normalized spacial score (nSPS) is 22.0. The fourth-order valence-electron chi connectivity index (χ4n) is 3.66. The summed E-state index contributed by atoms with van der Waals surface area (Å²) in [5.74, 6) is 0.00574. The molecule has 4 heteroatoms. The summed E-state index contributed by atoms with van der Waals surface area (Å²) in [6.07, 6.45) is 0.219. The SMILES string of the molecule is Cc1ccc(C)c(NC(=O)[C@H](c2ccccc2)N2C[C@@H](C)O[C@H](C)C2)c1. The van der Waals surface area contributed by atoms with Gasteiger partial charge in [-0.2, -0.15) is 0 Å². The maximum atomic E-state index is 13.3. The number of carbonyl (C=O) groups is 1. The summed E-state index contributed by atoms with van der Waals surface area (Å²) in [4.78, 5) is 15.5. The van der Waals surface area contributed by atoms with E-state index in [1.807, 2.05) is 56.3 Å². The number of benzene rings is 2. The van der Waals surface area contributed by atoms with E-state index in [4.69, 9.17) is 4.74 Å². The van der Waals surface area contributed by atoms with Gasteiger partial charge in [-0.15, -0.1) is 0 Å². The molecule has 3 rings (SSSR count). The summed E-state index contributed by atoms with van der Waals surface area (Å²) in [7, 11) is 0. The summed E-state index contributed by atoms with van der Waals surface area (Å²) in [5.41, 5.74) is 4.09. The molecule has 0 bridgehead atoms. The van der Waals surface area contributed by atoms with Crippen molar-refractivity contribution in [3.63, 3.8) is 0 Å². The van der Waals surface area contributed by atoms with E-state index in [2.05, 4.69) is 30.1 Å². The second-order valence-corrected chi connectivity index (χ2v) is 7.33. The van der Waals surface area contributed by atoms with E-state index in [0.717, 1.165) is 35.5 Å². The third kappa shape index (κ3) is 4.32. The second kappa shape index (κ2) is 8.02. The van der Waals surface area contributed by atoms with Crippen molar-refractivity contribution in [1.29, 1.82) is 0 Å². The molecule has 0 spiro atoms. The molecule has 1 aliphatic heterocycles. The molecule has 1 N–H and O–H groups in total. The first-order chi connectivity index (χ1) is 12.4. The molecule has 3 atom stereocenters. The van der Waals surface area contributed by atoms with Crippen molar-refractivity contribution >= 4 is 11.6 Å². The minimum atomic E-state index is -0.329. The van der Waals surface area contributed by atoms with Crippen molar-refractivity contribution in [1.82, 2.24) is 4.90 Å². The van der Waals surface area contributed by atoms with Crippen LogP contribution in [0, 0.1) is 13.8 Å². The van der Waals surface area contributed by atoms with Crippen LogP contribution >= 0.6 is 0 Å². The van der Waals surface area contributed by atoms with Gasteiger partial charge in [0.15, 0.2) is 0 Å². The van der Waals surface area contributed by atoms with Crippen LogP contribution in [0.1, 0.15) is 36.6 Å². The predicted octanol–water partition coefficient (Wildman–Crippen LogP) is 4.09. The highest BCUT2D eigenvalue weighted by Gasteiger charge is 2.33. The molecule has 0 aliphatic carbocycles. The van der Waals surface area contributed by atoms with Gasteiger partial charge in [-0.25, -0.2) is 0 Å². The van der Waals surface area contributed by atoms with E-state index in [-0.39, 0.29) is 24.2 Å². The number of aryl methyl sites for hydroxylation is 2. The van der Waals surface area contributed by atoms with E-state index in [0.29, 0.717) is 0 Å². The molecule has 1 saturated heterocycles. The van der Waals surface area contributed by atoms with Crippen LogP contribution in [0.5, 0.6) is 0 Å².